The van der Waals surface area contributed by atoms with E-state index in [1.807, 2.05) is 0 Å². The Morgan fingerprint density at radius 2 is 2.08 bits per heavy atom. The third-order valence-corrected chi connectivity index (χ3v) is 6.38. The fourth-order valence-corrected chi connectivity index (χ4v) is 5.16. The molecule has 5 aliphatic rings. The molecule has 0 aromatic carbocycles. The third-order valence-electron chi connectivity index (χ3n) is 6.38. The molecule has 3 N–H and O–H groups in total. The predicted octanol–water partition coefficient (Wildman–Crippen LogP) is 0.931. The second kappa shape index (κ2) is 4.91. The van der Waals surface area contributed by atoms with Crippen molar-refractivity contribution >= 4 is 11.9 Å². The van der Waals surface area contributed by atoms with Crippen molar-refractivity contribution in [3.05, 3.63) is 0 Å². The van der Waals surface area contributed by atoms with Gasteiger partial charge in [-0.25, -0.2) is 14.6 Å². The van der Waals surface area contributed by atoms with Gasteiger partial charge >= 0.3 is 11.9 Å². The highest BCUT2D eigenvalue weighted by Gasteiger charge is 2.74. The lowest BCUT2D eigenvalue weighted by Gasteiger charge is -2.60. The average Bonchev–Trinajstić information content (AvgIpc) is 2.71. The number of nitrogens with two attached hydrogens (primary N) is 1. The molecule has 4 aliphatic heterocycles. The third kappa shape index (κ3) is 1.94. The van der Waals surface area contributed by atoms with Crippen molar-refractivity contribution in [1.82, 2.24) is 0 Å². The highest BCUT2D eigenvalue weighted by molar-refractivity contribution is 5.87. The maximum atomic E-state index is 12.6. The number of fused-ring (bicyclic) bond motifs is 2. The normalized spacial score (nSPS) is 53.0. The Morgan fingerprint density at radius 1 is 1.33 bits per heavy atom. The van der Waals surface area contributed by atoms with Gasteiger partial charge in [0.25, 0.3) is 0 Å². The molecule has 1 spiro atoms. The van der Waals surface area contributed by atoms with Gasteiger partial charge in [0, 0.05) is 18.3 Å². The zero-order valence-corrected chi connectivity index (χ0v) is 13.8. The number of esters is 1. The van der Waals surface area contributed by atoms with Gasteiger partial charge in [-0.1, -0.05) is 6.92 Å². The molecule has 5 rings (SSSR count). The number of carbonyl (C=O) groups excluding carboxylic acids is 1. The minimum absolute atomic E-state index is 0.0235. The first kappa shape index (κ1) is 16.3. The molecular formula is C16H23NO7. The number of carbonyl (C=O) groups is 2. The van der Waals surface area contributed by atoms with Crippen LogP contribution in [0.1, 0.15) is 46.0 Å². The van der Waals surface area contributed by atoms with Gasteiger partial charge in [-0.15, -0.1) is 0 Å². The van der Waals surface area contributed by atoms with Crippen molar-refractivity contribution in [2.24, 2.45) is 23.5 Å². The van der Waals surface area contributed by atoms with Crippen LogP contribution >= 0.6 is 0 Å². The summed E-state index contributed by atoms with van der Waals surface area (Å²) in [4.78, 5) is 35.4. The summed E-state index contributed by atoms with van der Waals surface area (Å²) >= 11 is 0. The van der Waals surface area contributed by atoms with Gasteiger partial charge in [-0.3, -0.25) is 4.79 Å². The number of hydrogen-bond acceptors (Lipinski definition) is 7. The van der Waals surface area contributed by atoms with E-state index >= 15 is 0 Å². The molecule has 1 aliphatic carbocycles. The molecular weight excluding hydrogens is 318 g/mol. The summed E-state index contributed by atoms with van der Waals surface area (Å²) in [5.41, 5.74) is 3.63. The summed E-state index contributed by atoms with van der Waals surface area (Å²) in [6, 6.07) is 0. The molecule has 8 nitrogen and oxygen atoms in total. The van der Waals surface area contributed by atoms with E-state index < -0.39 is 47.5 Å². The lowest BCUT2D eigenvalue weighted by molar-refractivity contribution is -0.559. The van der Waals surface area contributed by atoms with Crippen LogP contribution in [0.3, 0.4) is 0 Å². The van der Waals surface area contributed by atoms with E-state index in [1.165, 1.54) is 0 Å². The lowest BCUT2D eigenvalue weighted by Crippen LogP contribution is -2.77. The summed E-state index contributed by atoms with van der Waals surface area (Å²) in [7, 11) is 0. The van der Waals surface area contributed by atoms with E-state index in [2.05, 4.69) is 6.92 Å². The molecule has 8 heteroatoms. The number of carboxylic acids is 1. The largest absolute Gasteiger partial charge is 0.481 e. The van der Waals surface area contributed by atoms with Crippen LogP contribution in [0.25, 0.3) is 0 Å². The van der Waals surface area contributed by atoms with Gasteiger partial charge in [0.1, 0.15) is 5.54 Å². The van der Waals surface area contributed by atoms with Gasteiger partial charge in [0.05, 0.1) is 6.42 Å². The fraction of sp³-hybridized carbons (Fsp3) is 0.875. The zero-order chi connectivity index (χ0) is 17.3. The van der Waals surface area contributed by atoms with Gasteiger partial charge in [0.15, 0.2) is 5.60 Å². The number of carboxylic acid groups (broad SMARTS) is 1. The van der Waals surface area contributed by atoms with Crippen LogP contribution in [0.2, 0.25) is 0 Å². The monoisotopic (exact) mass is 341 g/mol. The van der Waals surface area contributed by atoms with E-state index in [0.717, 1.165) is 12.8 Å². The van der Waals surface area contributed by atoms with Crippen molar-refractivity contribution in [3.63, 3.8) is 0 Å². The van der Waals surface area contributed by atoms with Crippen molar-refractivity contribution in [3.8, 4) is 0 Å². The van der Waals surface area contributed by atoms with Crippen molar-refractivity contribution in [1.29, 1.82) is 0 Å². The summed E-state index contributed by atoms with van der Waals surface area (Å²) in [6.07, 6.45) is 1.38. The van der Waals surface area contributed by atoms with E-state index in [0.29, 0.717) is 18.8 Å². The summed E-state index contributed by atoms with van der Waals surface area (Å²) in [5.74, 6) is -3.05. The second-order valence-electron chi connectivity index (χ2n) is 7.87. The molecule has 4 saturated heterocycles. The minimum atomic E-state index is -1.65. The summed E-state index contributed by atoms with van der Waals surface area (Å²) < 4.78 is 11.5. The number of hydrogen-bond donors (Lipinski definition) is 2. The molecule has 4 heterocycles. The van der Waals surface area contributed by atoms with E-state index in [1.54, 1.807) is 6.92 Å². The van der Waals surface area contributed by atoms with Gasteiger partial charge < -0.3 is 20.3 Å². The molecule has 2 bridgehead atoms. The second-order valence-corrected chi connectivity index (χ2v) is 7.87. The van der Waals surface area contributed by atoms with Crippen LogP contribution < -0.4 is 5.73 Å². The maximum absolute atomic E-state index is 12.6. The molecule has 0 aromatic heterocycles. The Labute approximate surface area is 139 Å². The molecule has 134 valence electrons. The van der Waals surface area contributed by atoms with Crippen LogP contribution in [0.4, 0.5) is 0 Å². The molecule has 1 unspecified atom stereocenters. The van der Waals surface area contributed by atoms with Crippen molar-refractivity contribution < 1.29 is 33.9 Å². The molecule has 7 atom stereocenters. The Morgan fingerprint density at radius 3 is 2.79 bits per heavy atom. The Bertz CT molecular complexity index is 597. The Kier molecular flexibility index (Phi) is 3.32. The molecule has 1 saturated carbocycles. The van der Waals surface area contributed by atoms with Crippen LogP contribution in [0, 0.1) is 17.8 Å². The number of ether oxygens (including phenoxy) is 2. The Balaban J connectivity index is 1.84. The van der Waals surface area contributed by atoms with E-state index in [-0.39, 0.29) is 5.92 Å². The van der Waals surface area contributed by atoms with Crippen molar-refractivity contribution in [2.45, 2.75) is 69.2 Å². The van der Waals surface area contributed by atoms with Gasteiger partial charge in [-0.05, 0) is 32.1 Å². The Hall–Kier alpha value is -1.22. The molecule has 0 aromatic rings. The number of aliphatic carboxylic acids is 1. The first-order valence-corrected chi connectivity index (χ1v) is 8.48. The molecule has 0 amide bonds. The summed E-state index contributed by atoms with van der Waals surface area (Å²) in [6.45, 7) is 3.88. The van der Waals surface area contributed by atoms with Crippen LogP contribution in [-0.4, -0.2) is 40.3 Å². The maximum Gasteiger partial charge on any atom is 0.329 e. The SMILES string of the molecule is C[C@@H]1CC[C@H]2C(N)(CC(=O)O)C(=O)O[C@@H]3O[C@@]4(C)CC[C@@H]1[C@]32OO4. The predicted molar refractivity (Wildman–Crippen MR) is 78.1 cm³/mol. The first-order chi connectivity index (χ1) is 11.2. The average molecular weight is 341 g/mol. The molecule has 5 fully saturated rings. The topological polar surface area (TPSA) is 117 Å². The van der Waals surface area contributed by atoms with Crippen LogP contribution in [0.5, 0.6) is 0 Å². The molecule has 0 radical (unpaired) electrons. The summed E-state index contributed by atoms with van der Waals surface area (Å²) in [5, 5.41) is 9.27. The first-order valence-electron chi connectivity index (χ1n) is 8.48. The quantitative estimate of drug-likeness (QED) is 0.563. The van der Waals surface area contributed by atoms with Crippen LogP contribution in [-0.2, 0) is 28.8 Å². The standard InChI is InChI=1S/C16H23NO7/c1-8-3-4-10-15(17,7-11(18)19)12(20)21-13-16(10)9(8)5-6-14(2,22-13)23-24-16/h8-10,13H,3-7,17H2,1-2H3,(H,18,19)/t8-,9+,10+,13-,14-,15?,16-/m1/s1. The highest BCUT2D eigenvalue weighted by Crippen LogP contribution is 2.60. The molecule has 24 heavy (non-hydrogen) atoms. The van der Waals surface area contributed by atoms with Crippen molar-refractivity contribution in [2.75, 3.05) is 0 Å². The fourth-order valence-electron chi connectivity index (χ4n) is 5.16. The zero-order valence-electron chi connectivity index (χ0n) is 13.8. The van der Waals surface area contributed by atoms with E-state index in [9.17, 15) is 14.7 Å². The van der Waals surface area contributed by atoms with Gasteiger partial charge in [-0.2, -0.15) is 0 Å². The smallest absolute Gasteiger partial charge is 0.329 e. The minimum Gasteiger partial charge on any atom is -0.481 e. The van der Waals surface area contributed by atoms with Gasteiger partial charge in [0.2, 0.25) is 12.1 Å². The highest BCUT2D eigenvalue weighted by atomic mass is 17.3. The van der Waals surface area contributed by atoms with Crippen LogP contribution in [0.15, 0.2) is 0 Å². The lowest BCUT2D eigenvalue weighted by atomic mass is 9.55. The van der Waals surface area contributed by atoms with E-state index in [4.69, 9.17) is 25.0 Å². The number of rotatable bonds is 2.